The molecule has 6 N–H and O–H groups in total. The second kappa shape index (κ2) is 7.67. The highest BCUT2D eigenvalue weighted by Gasteiger charge is 2.05. The highest BCUT2D eigenvalue weighted by Crippen LogP contribution is 2.13. The Morgan fingerprint density at radius 3 is 1.46 bits per heavy atom. The third kappa shape index (κ3) is 3.65. The van der Waals surface area contributed by atoms with Gasteiger partial charge in [0.15, 0.2) is 11.6 Å². The third-order valence-corrected chi connectivity index (χ3v) is 3.82. The van der Waals surface area contributed by atoms with Crippen LogP contribution in [0.5, 0.6) is 0 Å². The number of hydrogen-bond donors (Lipinski definition) is 4. The summed E-state index contributed by atoms with van der Waals surface area (Å²) >= 11 is 9.75. The molecule has 0 unspecified atom stereocenters. The van der Waals surface area contributed by atoms with Crippen LogP contribution in [0, 0.1) is 9.54 Å². The minimum absolute atomic E-state index is 0.388. The molecule has 12 heteroatoms. The van der Waals surface area contributed by atoms with E-state index in [1.54, 1.807) is 24.8 Å². The first-order valence-corrected chi connectivity index (χ1v) is 8.05. The van der Waals surface area contributed by atoms with Crippen molar-refractivity contribution >= 4 is 24.4 Å². The number of pyridine rings is 2. The van der Waals surface area contributed by atoms with Gasteiger partial charge in [-0.1, -0.05) is 0 Å². The maximum atomic E-state index is 5.63. The number of hydrogen-bond acceptors (Lipinski definition) is 8. The van der Waals surface area contributed by atoms with E-state index < -0.39 is 0 Å². The maximum Gasteiger partial charge on any atom is 0.214 e. The molecule has 0 aliphatic heterocycles. The summed E-state index contributed by atoms with van der Waals surface area (Å²) in [7, 11) is 0. The number of nitrogen functional groups attached to an aromatic ring is 2. The molecule has 4 aromatic rings. The monoisotopic (exact) mass is 386 g/mol. The average molecular weight is 386 g/mol. The number of nitrogens with two attached hydrogens (primary N) is 2. The first-order chi connectivity index (χ1) is 12.6. The van der Waals surface area contributed by atoms with E-state index in [1.807, 2.05) is 24.3 Å². The lowest BCUT2D eigenvalue weighted by Crippen LogP contribution is -2.09. The van der Waals surface area contributed by atoms with E-state index in [0.717, 1.165) is 11.1 Å². The van der Waals surface area contributed by atoms with E-state index in [1.165, 1.54) is 9.35 Å². The summed E-state index contributed by atoms with van der Waals surface area (Å²) in [6.45, 7) is 0. The predicted molar refractivity (Wildman–Crippen MR) is 102 cm³/mol. The van der Waals surface area contributed by atoms with E-state index >= 15 is 0 Å². The molecular formula is C14H14N10S2. The van der Waals surface area contributed by atoms with Gasteiger partial charge in [-0.25, -0.2) is 19.5 Å². The first kappa shape index (κ1) is 17.4. The Bertz CT molecular complexity index is 1000. The Morgan fingerprint density at radius 2 is 1.19 bits per heavy atom. The predicted octanol–water partition coefficient (Wildman–Crippen LogP) is 1.43. The fourth-order valence-electron chi connectivity index (χ4n) is 2.01. The smallest absolute Gasteiger partial charge is 0.214 e. The molecule has 26 heavy (non-hydrogen) atoms. The largest absolute Gasteiger partial charge is 0.335 e. The number of H-pyrrole nitrogens is 2. The zero-order chi connectivity index (χ0) is 18.5. The van der Waals surface area contributed by atoms with Gasteiger partial charge in [0.25, 0.3) is 0 Å². The van der Waals surface area contributed by atoms with Crippen LogP contribution >= 0.6 is 24.4 Å². The Balaban J connectivity index is 0.000000151. The lowest BCUT2D eigenvalue weighted by atomic mass is 10.3. The van der Waals surface area contributed by atoms with Crippen LogP contribution in [0.1, 0.15) is 0 Å². The van der Waals surface area contributed by atoms with Crippen molar-refractivity contribution in [2.45, 2.75) is 0 Å². The summed E-state index contributed by atoms with van der Waals surface area (Å²) in [5.74, 6) is 12.4. The molecule has 0 saturated carbocycles. The Labute approximate surface area is 157 Å². The van der Waals surface area contributed by atoms with Crippen molar-refractivity contribution in [2.24, 2.45) is 0 Å². The van der Waals surface area contributed by atoms with Crippen molar-refractivity contribution < 1.29 is 0 Å². The molecular weight excluding hydrogens is 372 g/mol. The van der Waals surface area contributed by atoms with Crippen LogP contribution in [0.25, 0.3) is 22.8 Å². The average Bonchev–Trinajstić information content (AvgIpc) is 3.19. The van der Waals surface area contributed by atoms with E-state index in [-0.39, 0.29) is 0 Å². The summed E-state index contributed by atoms with van der Waals surface area (Å²) in [5, 5.41) is 13.1. The van der Waals surface area contributed by atoms with Crippen LogP contribution in [0.3, 0.4) is 0 Å². The molecule has 0 bridgehead atoms. The molecule has 0 saturated heterocycles. The van der Waals surface area contributed by atoms with Crippen molar-refractivity contribution in [2.75, 3.05) is 11.7 Å². The second-order valence-corrected chi connectivity index (χ2v) is 5.70. The van der Waals surface area contributed by atoms with Crippen LogP contribution in [0.15, 0.2) is 49.1 Å². The highest BCUT2D eigenvalue weighted by molar-refractivity contribution is 7.71. The van der Waals surface area contributed by atoms with Gasteiger partial charge >= 0.3 is 0 Å². The number of nitrogens with zero attached hydrogens (tertiary/aromatic N) is 6. The summed E-state index contributed by atoms with van der Waals surface area (Å²) in [6.07, 6.45) is 6.72. The Morgan fingerprint density at radius 1 is 0.769 bits per heavy atom. The van der Waals surface area contributed by atoms with Crippen molar-refractivity contribution in [1.82, 2.24) is 39.7 Å². The summed E-state index contributed by atoms with van der Waals surface area (Å²) in [4.78, 5) is 7.91. The molecule has 0 atom stereocenters. The van der Waals surface area contributed by atoms with Gasteiger partial charge < -0.3 is 11.7 Å². The number of aromatic amines is 2. The highest BCUT2D eigenvalue weighted by atomic mass is 32.1. The van der Waals surface area contributed by atoms with Gasteiger partial charge in [-0.3, -0.25) is 9.97 Å². The van der Waals surface area contributed by atoms with Crippen LogP contribution in [-0.4, -0.2) is 39.7 Å². The van der Waals surface area contributed by atoms with Gasteiger partial charge in [0.1, 0.15) is 0 Å². The van der Waals surface area contributed by atoms with Gasteiger partial charge in [0.05, 0.1) is 0 Å². The first-order valence-electron chi connectivity index (χ1n) is 7.23. The molecule has 0 fully saturated rings. The summed E-state index contributed by atoms with van der Waals surface area (Å²) in [6, 6.07) is 7.35. The zero-order valence-electron chi connectivity index (χ0n) is 13.3. The maximum absolute atomic E-state index is 5.63. The number of nitrogens with one attached hydrogen (secondary N) is 2. The molecule has 0 aliphatic rings. The van der Waals surface area contributed by atoms with Crippen molar-refractivity contribution in [3.8, 4) is 22.8 Å². The molecule has 132 valence electrons. The fourth-order valence-corrected chi connectivity index (χ4v) is 2.27. The van der Waals surface area contributed by atoms with Crippen molar-refractivity contribution in [1.29, 1.82) is 0 Å². The van der Waals surface area contributed by atoms with Gasteiger partial charge in [-0.2, -0.15) is 10.2 Å². The summed E-state index contributed by atoms with van der Waals surface area (Å²) in [5.41, 5.74) is 1.66. The minimum atomic E-state index is 0.388. The normalized spacial score (nSPS) is 10.2. The van der Waals surface area contributed by atoms with Crippen molar-refractivity contribution in [3.05, 3.63) is 58.6 Å². The molecule has 4 heterocycles. The molecule has 4 rings (SSSR count). The van der Waals surface area contributed by atoms with Gasteiger partial charge in [0, 0.05) is 35.9 Å². The lowest BCUT2D eigenvalue weighted by Gasteiger charge is -1.97. The van der Waals surface area contributed by atoms with Crippen LogP contribution < -0.4 is 11.7 Å². The van der Waals surface area contributed by atoms with E-state index in [2.05, 4.69) is 30.4 Å². The molecule has 0 radical (unpaired) electrons. The fraction of sp³-hybridized carbons (Fsp3) is 0. The van der Waals surface area contributed by atoms with E-state index in [9.17, 15) is 0 Å². The van der Waals surface area contributed by atoms with E-state index in [0.29, 0.717) is 21.2 Å². The minimum Gasteiger partial charge on any atom is -0.335 e. The van der Waals surface area contributed by atoms with Gasteiger partial charge in [-0.15, -0.1) is 0 Å². The Hall–Kier alpha value is -3.38. The molecule has 4 aromatic heterocycles. The zero-order valence-corrected chi connectivity index (χ0v) is 14.9. The van der Waals surface area contributed by atoms with Crippen LogP contribution in [0.2, 0.25) is 0 Å². The number of aromatic nitrogens is 8. The number of rotatable bonds is 2. The van der Waals surface area contributed by atoms with E-state index in [4.69, 9.17) is 36.1 Å². The third-order valence-electron chi connectivity index (χ3n) is 3.25. The Kier molecular flexibility index (Phi) is 5.15. The van der Waals surface area contributed by atoms with Gasteiger partial charge in [0.2, 0.25) is 9.54 Å². The second-order valence-electron chi connectivity index (χ2n) is 4.93. The topological polar surface area (TPSA) is 145 Å². The molecule has 0 aliphatic carbocycles. The van der Waals surface area contributed by atoms with Gasteiger partial charge in [-0.05, 0) is 48.7 Å². The molecule has 10 nitrogen and oxygen atoms in total. The summed E-state index contributed by atoms with van der Waals surface area (Å²) < 4.78 is 3.40. The molecule has 0 amide bonds. The molecule has 0 spiro atoms. The standard InChI is InChI=1S/2C7H7N5S/c2*8-12-6(10-11-7(12)13)5-2-1-3-9-4-5/h2*1-4H,8H2,(H,11,13). The molecule has 0 aromatic carbocycles. The van der Waals surface area contributed by atoms with Crippen molar-refractivity contribution in [3.63, 3.8) is 0 Å². The quantitative estimate of drug-likeness (QED) is 0.299. The lowest BCUT2D eigenvalue weighted by molar-refractivity contribution is 0.983. The SMILES string of the molecule is Nn1c(-c2cccnc2)n[nH]c1=S.Nn1c(-c2cccnc2)n[nH]c1=S. The van der Waals surface area contributed by atoms with Crippen LogP contribution in [-0.2, 0) is 0 Å². The van der Waals surface area contributed by atoms with Crippen LogP contribution in [0.4, 0.5) is 0 Å².